The van der Waals surface area contributed by atoms with Gasteiger partial charge in [-0.2, -0.15) is 0 Å². The summed E-state index contributed by atoms with van der Waals surface area (Å²) in [6.07, 6.45) is 1.54. The molecule has 1 aliphatic heterocycles. The van der Waals surface area contributed by atoms with Gasteiger partial charge in [0.1, 0.15) is 0 Å². The Hall–Kier alpha value is -1.13. The molecule has 2 heterocycles. The predicted molar refractivity (Wildman–Crippen MR) is 66.2 cm³/mol. The summed E-state index contributed by atoms with van der Waals surface area (Å²) in [7, 11) is 2.13. The molecule has 0 N–H and O–H groups in total. The van der Waals surface area contributed by atoms with Crippen LogP contribution >= 0.6 is 0 Å². The highest BCUT2D eigenvalue weighted by Gasteiger charge is 2.31. The third-order valence-electron chi connectivity index (χ3n) is 3.56. The van der Waals surface area contributed by atoms with Crippen LogP contribution in [0.2, 0.25) is 0 Å². The van der Waals surface area contributed by atoms with E-state index in [1.54, 1.807) is 18.4 Å². The number of ketones is 1. The van der Waals surface area contributed by atoms with Crippen LogP contribution in [0.25, 0.3) is 0 Å². The molecule has 94 valence electrons. The van der Waals surface area contributed by atoms with E-state index in [0.717, 1.165) is 19.6 Å². The van der Waals surface area contributed by atoms with Gasteiger partial charge < -0.3 is 4.42 Å². The standard InChI is InChI=1S/C13H20N2O2/c1-13(2)10-15(7-6-14(13)3)9-11(16)12-5-4-8-17-12/h4-5,8H,6-7,9-10H2,1-3H3. The second-order valence-electron chi connectivity index (χ2n) is 5.35. The Kier molecular flexibility index (Phi) is 3.35. The molecule has 0 atom stereocenters. The summed E-state index contributed by atoms with van der Waals surface area (Å²) in [5, 5.41) is 0. The van der Waals surface area contributed by atoms with Crippen molar-refractivity contribution in [2.45, 2.75) is 19.4 Å². The summed E-state index contributed by atoms with van der Waals surface area (Å²) < 4.78 is 5.12. The maximum atomic E-state index is 11.9. The minimum Gasteiger partial charge on any atom is -0.461 e. The normalized spacial score (nSPS) is 21.6. The summed E-state index contributed by atoms with van der Waals surface area (Å²) in [6, 6.07) is 3.48. The van der Waals surface area contributed by atoms with E-state index in [0.29, 0.717) is 12.3 Å². The Morgan fingerprint density at radius 3 is 2.82 bits per heavy atom. The zero-order valence-electron chi connectivity index (χ0n) is 10.8. The first-order chi connectivity index (χ1) is 7.99. The number of carbonyl (C=O) groups excluding carboxylic acids is 1. The van der Waals surface area contributed by atoms with Crippen LogP contribution in [0, 0.1) is 0 Å². The van der Waals surface area contributed by atoms with Gasteiger partial charge in [0.05, 0.1) is 12.8 Å². The number of carbonyl (C=O) groups is 1. The van der Waals surface area contributed by atoms with Crippen LogP contribution in [0.3, 0.4) is 0 Å². The fraction of sp³-hybridized carbons (Fsp3) is 0.615. The molecule has 0 aliphatic carbocycles. The summed E-state index contributed by atoms with van der Waals surface area (Å²) in [4.78, 5) is 16.5. The van der Waals surface area contributed by atoms with Gasteiger partial charge in [0.2, 0.25) is 5.78 Å². The third kappa shape index (κ3) is 2.76. The molecule has 4 nitrogen and oxygen atoms in total. The van der Waals surface area contributed by atoms with Crippen molar-refractivity contribution in [1.82, 2.24) is 9.80 Å². The molecule has 0 spiro atoms. The van der Waals surface area contributed by atoms with Gasteiger partial charge in [-0.3, -0.25) is 14.6 Å². The molecular weight excluding hydrogens is 216 g/mol. The van der Waals surface area contributed by atoms with Crippen LogP contribution in [0.4, 0.5) is 0 Å². The van der Waals surface area contributed by atoms with Crippen molar-refractivity contribution < 1.29 is 9.21 Å². The molecule has 0 unspecified atom stereocenters. The molecule has 1 saturated heterocycles. The molecule has 1 fully saturated rings. The number of likely N-dealkylation sites (N-methyl/N-ethyl adjacent to an activating group) is 1. The first-order valence-electron chi connectivity index (χ1n) is 5.99. The number of piperazine rings is 1. The van der Waals surface area contributed by atoms with Gasteiger partial charge in [0.25, 0.3) is 0 Å². The van der Waals surface area contributed by atoms with Crippen molar-refractivity contribution in [3.05, 3.63) is 24.2 Å². The molecule has 2 rings (SSSR count). The molecule has 1 aliphatic rings. The molecule has 0 bridgehead atoms. The van der Waals surface area contributed by atoms with Crippen molar-refractivity contribution in [3.8, 4) is 0 Å². The Bertz CT molecular complexity index is 384. The minimum absolute atomic E-state index is 0.0651. The van der Waals surface area contributed by atoms with E-state index in [9.17, 15) is 4.79 Å². The topological polar surface area (TPSA) is 36.7 Å². The van der Waals surface area contributed by atoms with E-state index in [4.69, 9.17) is 4.42 Å². The molecule has 0 amide bonds. The van der Waals surface area contributed by atoms with Gasteiger partial charge in [-0.05, 0) is 33.0 Å². The fourth-order valence-electron chi connectivity index (χ4n) is 2.19. The number of hydrogen-bond donors (Lipinski definition) is 0. The summed E-state index contributed by atoms with van der Waals surface area (Å²) in [5.41, 5.74) is 0.127. The van der Waals surface area contributed by atoms with Crippen LogP contribution in [-0.2, 0) is 0 Å². The van der Waals surface area contributed by atoms with Crippen molar-refractivity contribution >= 4 is 5.78 Å². The molecule has 4 heteroatoms. The zero-order valence-corrected chi connectivity index (χ0v) is 10.8. The number of hydrogen-bond acceptors (Lipinski definition) is 4. The lowest BCUT2D eigenvalue weighted by molar-refractivity contribution is 0.0382. The Morgan fingerprint density at radius 2 is 2.24 bits per heavy atom. The highest BCUT2D eigenvalue weighted by molar-refractivity contribution is 5.95. The first-order valence-corrected chi connectivity index (χ1v) is 5.99. The first kappa shape index (κ1) is 12.3. The molecule has 0 saturated carbocycles. The monoisotopic (exact) mass is 236 g/mol. The predicted octanol–water partition coefficient (Wildman–Crippen LogP) is 1.49. The van der Waals surface area contributed by atoms with Crippen molar-refractivity contribution in [2.24, 2.45) is 0 Å². The number of nitrogens with zero attached hydrogens (tertiary/aromatic N) is 2. The van der Waals surface area contributed by atoms with Crippen LogP contribution in [-0.4, -0.2) is 54.3 Å². The van der Waals surface area contributed by atoms with E-state index in [-0.39, 0.29) is 11.3 Å². The Morgan fingerprint density at radius 1 is 1.47 bits per heavy atom. The molecule has 17 heavy (non-hydrogen) atoms. The van der Waals surface area contributed by atoms with E-state index >= 15 is 0 Å². The molecular formula is C13H20N2O2. The molecule has 1 aromatic heterocycles. The average molecular weight is 236 g/mol. The van der Waals surface area contributed by atoms with E-state index in [1.165, 1.54) is 0 Å². The van der Waals surface area contributed by atoms with Gasteiger partial charge in [0, 0.05) is 25.2 Å². The molecule has 0 aromatic carbocycles. The van der Waals surface area contributed by atoms with Crippen LogP contribution in [0.1, 0.15) is 24.4 Å². The lowest BCUT2D eigenvalue weighted by Crippen LogP contribution is -2.58. The Labute approximate surface area is 102 Å². The van der Waals surface area contributed by atoms with E-state index in [2.05, 4.69) is 30.7 Å². The second kappa shape index (κ2) is 4.63. The van der Waals surface area contributed by atoms with Crippen molar-refractivity contribution in [2.75, 3.05) is 33.2 Å². The SMILES string of the molecule is CN1CCN(CC(=O)c2ccco2)CC1(C)C. The highest BCUT2D eigenvalue weighted by Crippen LogP contribution is 2.19. The molecule has 0 radical (unpaired) electrons. The lowest BCUT2D eigenvalue weighted by atomic mass is 9.99. The van der Waals surface area contributed by atoms with Crippen LogP contribution < -0.4 is 0 Å². The average Bonchev–Trinajstić information content (AvgIpc) is 2.76. The summed E-state index contributed by atoms with van der Waals surface area (Å²) in [5.74, 6) is 0.525. The quantitative estimate of drug-likeness (QED) is 0.745. The largest absolute Gasteiger partial charge is 0.461 e. The lowest BCUT2D eigenvalue weighted by Gasteiger charge is -2.45. The highest BCUT2D eigenvalue weighted by atomic mass is 16.3. The van der Waals surface area contributed by atoms with Crippen molar-refractivity contribution in [3.63, 3.8) is 0 Å². The second-order valence-corrected chi connectivity index (χ2v) is 5.35. The van der Waals surface area contributed by atoms with Gasteiger partial charge in [-0.15, -0.1) is 0 Å². The van der Waals surface area contributed by atoms with Gasteiger partial charge in [-0.1, -0.05) is 0 Å². The third-order valence-corrected chi connectivity index (χ3v) is 3.56. The van der Waals surface area contributed by atoms with Gasteiger partial charge >= 0.3 is 0 Å². The molecule has 1 aromatic rings. The number of Topliss-reactive ketones (excluding diaryl/α,β-unsaturated/α-hetero) is 1. The summed E-state index contributed by atoms with van der Waals surface area (Å²) in [6.45, 7) is 7.71. The van der Waals surface area contributed by atoms with Gasteiger partial charge in [-0.25, -0.2) is 0 Å². The minimum atomic E-state index is 0.0651. The fourth-order valence-corrected chi connectivity index (χ4v) is 2.19. The summed E-state index contributed by atoms with van der Waals surface area (Å²) >= 11 is 0. The van der Waals surface area contributed by atoms with E-state index in [1.807, 2.05) is 0 Å². The van der Waals surface area contributed by atoms with E-state index < -0.39 is 0 Å². The maximum absolute atomic E-state index is 11.9. The zero-order chi connectivity index (χ0) is 12.5. The van der Waals surface area contributed by atoms with Crippen LogP contribution in [0.15, 0.2) is 22.8 Å². The van der Waals surface area contributed by atoms with Gasteiger partial charge in [0.15, 0.2) is 5.76 Å². The number of rotatable bonds is 3. The van der Waals surface area contributed by atoms with Crippen molar-refractivity contribution in [1.29, 1.82) is 0 Å². The number of furan rings is 1. The maximum Gasteiger partial charge on any atom is 0.211 e. The van der Waals surface area contributed by atoms with Crippen LogP contribution in [0.5, 0.6) is 0 Å². The Balaban J connectivity index is 1.95. The smallest absolute Gasteiger partial charge is 0.211 e.